The van der Waals surface area contributed by atoms with Gasteiger partial charge in [-0.05, 0) is 12.5 Å². The van der Waals surface area contributed by atoms with E-state index in [0.717, 1.165) is 5.56 Å². The van der Waals surface area contributed by atoms with Crippen molar-refractivity contribution in [3.05, 3.63) is 35.9 Å². The number of alkyl halides is 1. The van der Waals surface area contributed by atoms with Crippen molar-refractivity contribution in [2.75, 3.05) is 19.8 Å². The van der Waals surface area contributed by atoms with Crippen molar-refractivity contribution in [2.24, 2.45) is 0 Å². The van der Waals surface area contributed by atoms with Crippen molar-refractivity contribution in [2.45, 2.75) is 19.6 Å². The van der Waals surface area contributed by atoms with Gasteiger partial charge in [0.15, 0.2) is 0 Å². The Kier molecular flexibility index (Phi) is 6.14. The maximum atomic E-state index is 12.2. The number of carbonyl (C=O) groups is 1. The Morgan fingerprint density at radius 1 is 1.44 bits per heavy atom. The van der Waals surface area contributed by atoms with Crippen molar-refractivity contribution < 1.29 is 19.0 Å². The predicted molar refractivity (Wildman–Crippen MR) is 65.9 cm³/mol. The largest absolute Gasteiger partial charge is 0.445 e. The zero-order valence-electron chi connectivity index (χ0n) is 10.4. The van der Waals surface area contributed by atoms with E-state index in [2.05, 4.69) is 0 Å². The maximum Gasteiger partial charge on any atom is 0.410 e. The number of carbonyl (C=O) groups excluding carboxylic acids is 1. The smallest absolute Gasteiger partial charge is 0.410 e. The Labute approximate surface area is 106 Å². The number of ether oxygens (including phenoxy) is 1. The Balaban J connectivity index is 2.43. The van der Waals surface area contributed by atoms with Crippen molar-refractivity contribution in [3.63, 3.8) is 0 Å². The average molecular weight is 255 g/mol. The minimum Gasteiger partial charge on any atom is -0.445 e. The van der Waals surface area contributed by atoms with Gasteiger partial charge in [-0.3, -0.25) is 0 Å². The molecule has 18 heavy (non-hydrogen) atoms. The fourth-order valence-corrected chi connectivity index (χ4v) is 1.45. The summed E-state index contributed by atoms with van der Waals surface area (Å²) >= 11 is 0. The van der Waals surface area contributed by atoms with E-state index < -0.39 is 18.9 Å². The lowest BCUT2D eigenvalue weighted by atomic mass is 10.2. The first kappa shape index (κ1) is 14.4. The number of amides is 1. The Hall–Kier alpha value is -1.62. The van der Waals surface area contributed by atoms with E-state index in [1.165, 1.54) is 4.90 Å². The summed E-state index contributed by atoms with van der Waals surface area (Å²) in [4.78, 5) is 12.9. The van der Waals surface area contributed by atoms with E-state index in [9.17, 15) is 9.18 Å². The van der Waals surface area contributed by atoms with Crippen LogP contribution >= 0.6 is 0 Å². The van der Waals surface area contributed by atoms with Crippen molar-refractivity contribution in [1.82, 2.24) is 4.90 Å². The van der Waals surface area contributed by atoms with Crippen molar-refractivity contribution in [1.29, 1.82) is 0 Å². The number of halogens is 1. The molecule has 0 aliphatic heterocycles. The van der Waals surface area contributed by atoms with Crippen LogP contribution in [0.25, 0.3) is 0 Å². The molecule has 1 rings (SSSR count). The van der Waals surface area contributed by atoms with Crippen molar-refractivity contribution >= 4 is 6.09 Å². The van der Waals surface area contributed by atoms with Crippen LogP contribution in [0.4, 0.5) is 9.18 Å². The minimum absolute atomic E-state index is 0.0549. The van der Waals surface area contributed by atoms with Gasteiger partial charge in [0.2, 0.25) is 0 Å². The monoisotopic (exact) mass is 255 g/mol. The molecule has 0 radical (unpaired) electrons. The molecule has 0 aliphatic carbocycles. The SMILES string of the molecule is CCN(CC(O)CF)C(=O)OCc1ccccc1. The molecule has 1 N–H and O–H groups in total. The van der Waals surface area contributed by atoms with Gasteiger partial charge in [-0.25, -0.2) is 9.18 Å². The zero-order valence-corrected chi connectivity index (χ0v) is 10.4. The lowest BCUT2D eigenvalue weighted by molar-refractivity contribution is 0.0624. The van der Waals surface area contributed by atoms with Gasteiger partial charge in [-0.15, -0.1) is 0 Å². The van der Waals surface area contributed by atoms with Gasteiger partial charge in [0.25, 0.3) is 0 Å². The van der Waals surface area contributed by atoms with Crippen LogP contribution in [-0.4, -0.2) is 42.0 Å². The minimum atomic E-state index is -1.16. The molecule has 1 aromatic carbocycles. The molecular weight excluding hydrogens is 237 g/mol. The average Bonchev–Trinajstić information content (AvgIpc) is 2.42. The van der Waals surface area contributed by atoms with Gasteiger partial charge < -0.3 is 14.7 Å². The first-order chi connectivity index (χ1) is 8.67. The lowest BCUT2D eigenvalue weighted by Crippen LogP contribution is -2.38. The van der Waals surface area contributed by atoms with E-state index in [1.807, 2.05) is 30.3 Å². The van der Waals surface area contributed by atoms with Gasteiger partial charge in [0, 0.05) is 6.54 Å². The third kappa shape index (κ3) is 4.71. The second-order valence-electron chi connectivity index (χ2n) is 3.89. The quantitative estimate of drug-likeness (QED) is 0.845. The highest BCUT2D eigenvalue weighted by Crippen LogP contribution is 2.04. The molecule has 0 aromatic heterocycles. The number of hydrogen-bond acceptors (Lipinski definition) is 3. The van der Waals surface area contributed by atoms with Crippen LogP contribution in [-0.2, 0) is 11.3 Å². The van der Waals surface area contributed by atoms with Gasteiger partial charge >= 0.3 is 6.09 Å². The zero-order chi connectivity index (χ0) is 13.4. The fraction of sp³-hybridized carbons (Fsp3) is 0.462. The molecule has 4 nitrogen and oxygen atoms in total. The van der Waals surface area contributed by atoms with E-state index >= 15 is 0 Å². The molecular formula is C13H18FNO3. The molecule has 0 fully saturated rings. The van der Waals surface area contributed by atoms with Gasteiger partial charge in [0.1, 0.15) is 13.3 Å². The van der Waals surface area contributed by atoms with Crippen LogP contribution < -0.4 is 0 Å². The third-order valence-electron chi connectivity index (χ3n) is 2.45. The molecule has 0 saturated carbocycles. The normalized spacial score (nSPS) is 11.9. The van der Waals surface area contributed by atoms with Crippen LogP contribution in [0.5, 0.6) is 0 Å². The molecule has 1 aromatic rings. The number of nitrogens with zero attached hydrogens (tertiary/aromatic N) is 1. The number of likely N-dealkylation sites (N-methyl/N-ethyl adjacent to an activating group) is 1. The summed E-state index contributed by atoms with van der Waals surface area (Å²) in [6.07, 6.45) is -1.71. The molecule has 0 aliphatic rings. The summed E-state index contributed by atoms with van der Waals surface area (Å²) < 4.78 is 17.2. The Morgan fingerprint density at radius 2 is 2.11 bits per heavy atom. The molecule has 0 heterocycles. The Morgan fingerprint density at radius 3 is 2.67 bits per heavy atom. The predicted octanol–water partition coefficient (Wildman–Crippen LogP) is 1.98. The van der Waals surface area contributed by atoms with Gasteiger partial charge in [-0.1, -0.05) is 30.3 Å². The number of benzene rings is 1. The summed E-state index contributed by atoms with van der Waals surface area (Å²) in [7, 11) is 0. The van der Waals surface area contributed by atoms with Crippen LogP contribution in [0.1, 0.15) is 12.5 Å². The first-order valence-corrected chi connectivity index (χ1v) is 5.87. The number of aliphatic hydroxyl groups is 1. The summed E-state index contributed by atoms with van der Waals surface area (Å²) in [5.74, 6) is 0. The molecule has 100 valence electrons. The van der Waals surface area contributed by atoms with Crippen LogP contribution in [0.2, 0.25) is 0 Å². The highest BCUT2D eigenvalue weighted by atomic mass is 19.1. The van der Waals surface area contributed by atoms with Crippen LogP contribution in [0.3, 0.4) is 0 Å². The lowest BCUT2D eigenvalue weighted by Gasteiger charge is -2.22. The molecule has 0 saturated heterocycles. The molecule has 0 spiro atoms. The van der Waals surface area contributed by atoms with Gasteiger partial charge in [-0.2, -0.15) is 0 Å². The Bertz CT molecular complexity index is 359. The topological polar surface area (TPSA) is 49.8 Å². The maximum absolute atomic E-state index is 12.2. The standard InChI is InChI=1S/C13H18FNO3/c1-2-15(9-12(16)8-14)13(17)18-10-11-6-4-3-5-7-11/h3-7,12,16H,2,8-10H2,1H3. The third-order valence-corrected chi connectivity index (χ3v) is 2.45. The van der Waals surface area contributed by atoms with Crippen LogP contribution in [0.15, 0.2) is 30.3 Å². The number of aliphatic hydroxyl groups excluding tert-OH is 1. The summed E-state index contributed by atoms with van der Waals surface area (Å²) in [6, 6.07) is 9.28. The number of hydrogen-bond donors (Lipinski definition) is 1. The van der Waals surface area contributed by atoms with E-state index in [1.54, 1.807) is 6.92 Å². The second-order valence-corrected chi connectivity index (χ2v) is 3.89. The highest BCUT2D eigenvalue weighted by Gasteiger charge is 2.17. The molecule has 5 heteroatoms. The van der Waals surface area contributed by atoms with Gasteiger partial charge in [0.05, 0.1) is 12.6 Å². The highest BCUT2D eigenvalue weighted by molar-refractivity contribution is 5.67. The van der Waals surface area contributed by atoms with Crippen LogP contribution in [0, 0.1) is 0 Å². The van der Waals surface area contributed by atoms with Crippen molar-refractivity contribution in [3.8, 4) is 0 Å². The molecule has 1 unspecified atom stereocenters. The summed E-state index contributed by atoms with van der Waals surface area (Å²) in [5, 5.41) is 9.17. The molecule has 1 amide bonds. The first-order valence-electron chi connectivity index (χ1n) is 5.87. The molecule has 0 bridgehead atoms. The fourth-order valence-electron chi connectivity index (χ4n) is 1.45. The summed E-state index contributed by atoms with van der Waals surface area (Å²) in [6.45, 7) is 1.35. The number of rotatable bonds is 6. The second kappa shape index (κ2) is 7.66. The van der Waals surface area contributed by atoms with E-state index in [4.69, 9.17) is 9.84 Å². The molecule has 1 atom stereocenters. The summed E-state index contributed by atoms with van der Waals surface area (Å²) in [5.41, 5.74) is 0.882. The van der Waals surface area contributed by atoms with E-state index in [-0.39, 0.29) is 13.2 Å². The van der Waals surface area contributed by atoms with E-state index in [0.29, 0.717) is 6.54 Å².